The quantitative estimate of drug-likeness (QED) is 0.362. The lowest BCUT2D eigenvalue weighted by atomic mass is 10.2. The lowest BCUT2D eigenvalue weighted by Crippen LogP contribution is -2.32. The van der Waals surface area contributed by atoms with Gasteiger partial charge >= 0.3 is 12.3 Å². The van der Waals surface area contributed by atoms with Gasteiger partial charge in [-0.2, -0.15) is 8.78 Å². The first kappa shape index (κ1) is 9.19. The van der Waals surface area contributed by atoms with Gasteiger partial charge in [0.15, 0.2) is 0 Å². The van der Waals surface area contributed by atoms with Crippen LogP contribution >= 0.6 is 0 Å². The van der Waals surface area contributed by atoms with Gasteiger partial charge in [0.1, 0.15) is 0 Å². The molecule has 0 atom stereocenters. The Labute approximate surface area is 54.5 Å². The molecule has 0 aliphatic rings. The minimum Gasteiger partial charge on any atom is -0.387 e. The zero-order chi connectivity index (χ0) is 8.36. The fraction of sp³-hybridized carbons (Fsp3) is 0.750. The van der Waals surface area contributed by atoms with Gasteiger partial charge in [0.2, 0.25) is 0 Å². The topological polar surface area (TPSA) is 49.9 Å². The van der Waals surface area contributed by atoms with Gasteiger partial charge in [-0.3, -0.25) is 5.41 Å². The Morgan fingerprint density at radius 1 is 1.50 bits per heavy atom. The van der Waals surface area contributed by atoms with Gasteiger partial charge < -0.3 is 5.73 Å². The van der Waals surface area contributed by atoms with E-state index in [2.05, 4.69) is 5.73 Å². The number of nitrogens with one attached hydrogen (secondary N) is 1. The highest BCUT2D eigenvalue weighted by Gasteiger charge is 2.41. The molecule has 0 aliphatic heterocycles. The van der Waals surface area contributed by atoms with Gasteiger partial charge in [-0.1, -0.05) is 0 Å². The van der Waals surface area contributed by atoms with Crippen LogP contribution in [-0.2, 0) is 0 Å². The van der Waals surface area contributed by atoms with Crippen LogP contribution in [0, 0.1) is 5.41 Å². The van der Waals surface area contributed by atoms with Crippen LogP contribution in [0.1, 0.15) is 6.42 Å². The SMILES string of the molecule is N=C(N)CC(F)(F)C(F)F. The molecule has 0 aromatic heterocycles. The molecule has 0 heterocycles. The summed E-state index contributed by atoms with van der Waals surface area (Å²) in [5.41, 5.74) is 4.49. The molecule has 60 valence electrons. The molecule has 0 fully saturated rings. The fourth-order valence-corrected chi connectivity index (χ4v) is 0.331. The van der Waals surface area contributed by atoms with Crippen molar-refractivity contribution in [2.75, 3.05) is 0 Å². The second-order valence-electron chi connectivity index (χ2n) is 1.76. The van der Waals surface area contributed by atoms with E-state index >= 15 is 0 Å². The van der Waals surface area contributed by atoms with Gasteiger partial charge in [-0.05, 0) is 0 Å². The second-order valence-corrected chi connectivity index (χ2v) is 1.76. The number of hydrogen-bond acceptors (Lipinski definition) is 1. The average Bonchev–Trinajstić information content (AvgIpc) is 1.60. The zero-order valence-corrected chi connectivity index (χ0v) is 4.87. The molecular formula is C4H6F4N2. The van der Waals surface area contributed by atoms with Crippen molar-refractivity contribution in [3.8, 4) is 0 Å². The van der Waals surface area contributed by atoms with E-state index in [0.717, 1.165) is 0 Å². The maximum absolute atomic E-state index is 11.8. The van der Waals surface area contributed by atoms with Crippen LogP contribution in [0.3, 0.4) is 0 Å². The van der Waals surface area contributed by atoms with Crippen molar-refractivity contribution < 1.29 is 17.6 Å². The van der Waals surface area contributed by atoms with Gasteiger partial charge in [0.05, 0.1) is 12.3 Å². The maximum Gasteiger partial charge on any atom is 0.314 e. The molecule has 0 saturated carbocycles. The Bertz CT molecular complexity index is 133. The van der Waals surface area contributed by atoms with E-state index in [-0.39, 0.29) is 0 Å². The number of alkyl halides is 4. The number of halogens is 4. The van der Waals surface area contributed by atoms with Crippen molar-refractivity contribution in [2.45, 2.75) is 18.8 Å². The van der Waals surface area contributed by atoms with E-state index in [9.17, 15) is 17.6 Å². The molecule has 0 bridgehead atoms. The second kappa shape index (κ2) is 2.85. The summed E-state index contributed by atoms with van der Waals surface area (Å²) in [5, 5.41) is 6.31. The molecule has 0 aromatic rings. The van der Waals surface area contributed by atoms with Crippen LogP contribution in [0.15, 0.2) is 0 Å². The third kappa shape index (κ3) is 2.65. The highest BCUT2D eigenvalue weighted by atomic mass is 19.3. The summed E-state index contributed by atoms with van der Waals surface area (Å²) >= 11 is 0. The predicted octanol–water partition coefficient (Wildman–Crippen LogP) is 1.21. The molecule has 3 N–H and O–H groups in total. The number of nitrogens with two attached hydrogens (primary N) is 1. The Morgan fingerprint density at radius 2 is 1.90 bits per heavy atom. The smallest absolute Gasteiger partial charge is 0.314 e. The first-order valence-corrected chi connectivity index (χ1v) is 2.35. The zero-order valence-electron chi connectivity index (χ0n) is 4.87. The maximum atomic E-state index is 11.8. The van der Waals surface area contributed by atoms with Crippen LogP contribution in [0.2, 0.25) is 0 Å². The van der Waals surface area contributed by atoms with E-state index < -0.39 is 24.6 Å². The van der Waals surface area contributed by atoms with Gasteiger partial charge in [0, 0.05) is 0 Å². The van der Waals surface area contributed by atoms with E-state index in [1.165, 1.54) is 0 Å². The van der Waals surface area contributed by atoms with Gasteiger partial charge in [-0.15, -0.1) is 0 Å². The molecule has 0 unspecified atom stereocenters. The normalized spacial score (nSPS) is 12.1. The summed E-state index contributed by atoms with van der Waals surface area (Å²) in [4.78, 5) is 0. The molecule has 0 spiro atoms. The van der Waals surface area contributed by atoms with E-state index in [0.29, 0.717) is 0 Å². The van der Waals surface area contributed by atoms with Gasteiger partial charge in [0.25, 0.3) is 0 Å². The van der Waals surface area contributed by atoms with Crippen LogP contribution < -0.4 is 5.73 Å². The first-order valence-electron chi connectivity index (χ1n) is 2.35. The van der Waals surface area contributed by atoms with Crippen LogP contribution in [0.4, 0.5) is 17.6 Å². The van der Waals surface area contributed by atoms with E-state index in [1.807, 2.05) is 0 Å². The predicted molar refractivity (Wildman–Crippen MR) is 27.5 cm³/mol. The number of amidine groups is 1. The van der Waals surface area contributed by atoms with Crippen molar-refractivity contribution in [1.29, 1.82) is 5.41 Å². The molecule has 0 rings (SSSR count). The van der Waals surface area contributed by atoms with Crippen LogP contribution in [-0.4, -0.2) is 18.2 Å². The van der Waals surface area contributed by atoms with Crippen molar-refractivity contribution in [2.24, 2.45) is 5.73 Å². The minimum atomic E-state index is -4.16. The Balaban J connectivity index is 3.99. The number of rotatable bonds is 3. The minimum absolute atomic E-state index is 0.940. The Kier molecular flexibility index (Phi) is 2.62. The average molecular weight is 158 g/mol. The summed E-state index contributed by atoms with van der Waals surface area (Å²) in [6.45, 7) is 0. The molecule has 0 amide bonds. The van der Waals surface area contributed by atoms with E-state index in [1.54, 1.807) is 0 Å². The monoisotopic (exact) mass is 158 g/mol. The van der Waals surface area contributed by atoms with Gasteiger partial charge in [-0.25, -0.2) is 8.78 Å². The molecule has 0 saturated heterocycles. The molecule has 2 nitrogen and oxygen atoms in total. The molecule has 0 aromatic carbocycles. The van der Waals surface area contributed by atoms with Crippen molar-refractivity contribution >= 4 is 5.84 Å². The highest BCUT2D eigenvalue weighted by molar-refractivity contribution is 5.77. The third-order valence-electron chi connectivity index (χ3n) is 0.745. The van der Waals surface area contributed by atoms with E-state index in [4.69, 9.17) is 5.41 Å². The lowest BCUT2D eigenvalue weighted by molar-refractivity contribution is -0.122. The standard InChI is InChI=1S/C4H6F4N2/c5-3(6)4(7,8)1-2(9)10/h3H,1H2,(H3,9,10). The fourth-order valence-electron chi connectivity index (χ4n) is 0.331. The Morgan fingerprint density at radius 3 is 2.00 bits per heavy atom. The molecular weight excluding hydrogens is 152 g/mol. The van der Waals surface area contributed by atoms with Crippen LogP contribution in [0.25, 0.3) is 0 Å². The van der Waals surface area contributed by atoms with Crippen molar-refractivity contribution in [3.05, 3.63) is 0 Å². The third-order valence-corrected chi connectivity index (χ3v) is 0.745. The molecule has 10 heavy (non-hydrogen) atoms. The molecule has 6 heteroatoms. The largest absolute Gasteiger partial charge is 0.387 e. The lowest BCUT2D eigenvalue weighted by Gasteiger charge is -2.12. The van der Waals surface area contributed by atoms with Crippen molar-refractivity contribution in [3.63, 3.8) is 0 Å². The van der Waals surface area contributed by atoms with Crippen LogP contribution in [0.5, 0.6) is 0 Å². The van der Waals surface area contributed by atoms with Crippen molar-refractivity contribution in [1.82, 2.24) is 0 Å². The number of hydrogen-bond donors (Lipinski definition) is 2. The summed E-state index contributed by atoms with van der Waals surface area (Å²) in [6, 6.07) is 0. The molecule has 0 radical (unpaired) electrons. The Hall–Kier alpha value is -0.810. The summed E-state index contributed by atoms with van der Waals surface area (Å²) in [7, 11) is 0. The highest BCUT2D eigenvalue weighted by Crippen LogP contribution is 2.25. The summed E-state index contributed by atoms with van der Waals surface area (Å²) < 4.78 is 46.2. The summed E-state index contributed by atoms with van der Waals surface area (Å²) in [6.07, 6.45) is -5.14. The summed E-state index contributed by atoms with van der Waals surface area (Å²) in [5.74, 6) is -5.10. The first-order chi connectivity index (χ1) is 4.36. The molecule has 0 aliphatic carbocycles.